The number of carbonyl (C=O) groups excluding carboxylic acids is 1. The van der Waals surface area contributed by atoms with Gasteiger partial charge in [-0.25, -0.2) is 0 Å². The Balaban J connectivity index is 1.57. The average molecular weight is 306 g/mol. The second kappa shape index (κ2) is 5.60. The van der Waals surface area contributed by atoms with Gasteiger partial charge < -0.3 is 0 Å². The molecule has 1 saturated heterocycles. The first kappa shape index (κ1) is 14.1. The fourth-order valence-electron chi connectivity index (χ4n) is 4.12. The van der Waals surface area contributed by atoms with Crippen molar-refractivity contribution < 1.29 is 4.79 Å². The summed E-state index contributed by atoms with van der Waals surface area (Å²) in [4.78, 5) is 20.1. The third-order valence-electron chi connectivity index (χ3n) is 5.61. The predicted molar refractivity (Wildman–Crippen MR) is 87.6 cm³/mol. The Kier molecular flexibility index (Phi) is 3.76. The summed E-state index contributed by atoms with van der Waals surface area (Å²) >= 11 is 1.81. The van der Waals surface area contributed by atoms with Crippen molar-refractivity contribution in [3.05, 3.63) is 0 Å². The molecule has 1 amide bonds. The number of hydrogen-bond donors (Lipinski definition) is 0. The van der Waals surface area contributed by atoms with Crippen LogP contribution in [0.25, 0.3) is 0 Å². The molecule has 21 heavy (non-hydrogen) atoms. The van der Waals surface area contributed by atoms with E-state index >= 15 is 0 Å². The summed E-state index contributed by atoms with van der Waals surface area (Å²) in [6.45, 7) is 0. The molecule has 3 saturated carbocycles. The maximum atomic E-state index is 12.9. The molecule has 1 spiro atoms. The summed E-state index contributed by atoms with van der Waals surface area (Å²) in [6, 6.07) is 0.926. The first-order valence-corrected chi connectivity index (χ1v) is 9.71. The van der Waals surface area contributed by atoms with Crippen LogP contribution in [0.5, 0.6) is 0 Å². The van der Waals surface area contributed by atoms with E-state index in [4.69, 9.17) is 4.99 Å². The largest absolute Gasteiger partial charge is 0.287 e. The van der Waals surface area contributed by atoms with Crippen LogP contribution in [0.1, 0.15) is 77.0 Å². The summed E-state index contributed by atoms with van der Waals surface area (Å²) in [7, 11) is 0. The van der Waals surface area contributed by atoms with Crippen molar-refractivity contribution in [2.75, 3.05) is 0 Å². The number of amidine groups is 1. The molecule has 116 valence electrons. The molecular formula is C17H26N2OS. The Labute approximate surface area is 131 Å². The van der Waals surface area contributed by atoms with Crippen LogP contribution in [-0.4, -0.2) is 32.8 Å². The zero-order valence-electron chi connectivity index (χ0n) is 12.9. The molecule has 4 aliphatic rings. The molecule has 0 bridgehead atoms. The molecule has 0 N–H and O–H groups in total. The lowest BCUT2D eigenvalue weighted by molar-refractivity contribution is -0.128. The summed E-state index contributed by atoms with van der Waals surface area (Å²) in [5, 5.41) is 1.09. The van der Waals surface area contributed by atoms with Gasteiger partial charge in [0.25, 0.3) is 0 Å². The number of hydrogen-bond acceptors (Lipinski definition) is 3. The van der Waals surface area contributed by atoms with E-state index in [0.29, 0.717) is 18.0 Å². The monoisotopic (exact) mass is 306 g/mol. The van der Waals surface area contributed by atoms with Gasteiger partial charge in [0.05, 0.1) is 6.04 Å². The minimum Gasteiger partial charge on any atom is -0.287 e. The highest BCUT2D eigenvalue weighted by molar-refractivity contribution is 8.16. The highest BCUT2D eigenvalue weighted by Gasteiger charge is 2.60. The molecule has 1 heterocycles. The van der Waals surface area contributed by atoms with Crippen molar-refractivity contribution in [1.29, 1.82) is 0 Å². The van der Waals surface area contributed by atoms with Gasteiger partial charge in [-0.1, -0.05) is 50.3 Å². The Bertz CT molecular complexity index is 446. The van der Waals surface area contributed by atoms with E-state index < -0.39 is 0 Å². The lowest BCUT2D eigenvalue weighted by Gasteiger charge is -2.31. The molecular weight excluding hydrogens is 280 g/mol. The lowest BCUT2D eigenvalue weighted by atomic mass is 9.94. The van der Waals surface area contributed by atoms with Crippen LogP contribution in [0, 0.1) is 0 Å². The Hall–Kier alpha value is -0.510. The molecule has 3 aliphatic carbocycles. The molecule has 0 aromatic heterocycles. The maximum Gasteiger partial charge on any atom is 0.245 e. The highest BCUT2D eigenvalue weighted by Crippen LogP contribution is 2.56. The molecule has 0 aromatic carbocycles. The van der Waals surface area contributed by atoms with Crippen LogP contribution in [0.3, 0.4) is 0 Å². The fraction of sp³-hybridized carbons (Fsp3) is 0.882. The van der Waals surface area contributed by atoms with Gasteiger partial charge in [0.1, 0.15) is 4.75 Å². The maximum absolute atomic E-state index is 12.9. The van der Waals surface area contributed by atoms with Crippen molar-refractivity contribution in [3.8, 4) is 0 Å². The summed E-state index contributed by atoms with van der Waals surface area (Å²) in [5.41, 5.74) is 0. The Morgan fingerprint density at radius 1 is 0.952 bits per heavy atom. The first-order valence-electron chi connectivity index (χ1n) is 8.89. The van der Waals surface area contributed by atoms with Gasteiger partial charge in [0, 0.05) is 6.04 Å². The van der Waals surface area contributed by atoms with Gasteiger partial charge in [0.15, 0.2) is 5.17 Å². The smallest absolute Gasteiger partial charge is 0.245 e. The van der Waals surface area contributed by atoms with Crippen LogP contribution < -0.4 is 0 Å². The van der Waals surface area contributed by atoms with Gasteiger partial charge in [-0.15, -0.1) is 0 Å². The summed E-state index contributed by atoms with van der Waals surface area (Å²) in [6.07, 6.45) is 14.9. The van der Waals surface area contributed by atoms with Gasteiger partial charge in [-0.3, -0.25) is 14.7 Å². The van der Waals surface area contributed by atoms with Crippen molar-refractivity contribution >= 4 is 22.8 Å². The quantitative estimate of drug-likeness (QED) is 0.769. The number of rotatable bonds is 2. The number of carbonyl (C=O) groups is 1. The molecule has 0 radical (unpaired) electrons. The molecule has 0 atom stereocenters. The average Bonchev–Trinajstić information content (AvgIpc) is 3.25. The third kappa shape index (κ3) is 2.64. The normalized spacial score (nSPS) is 32.3. The van der Waals surface area contributed by atoms with Gasteiger partial charge >= 0.3 is 0 Å². The third-order valence-corrected chi connectivity index (χ3v) is 7.07. The van der Waals surface area contributed by atoms with Crippen LogP contribution in [0.4, 0.5) is 0 Å². The Morgan fingerprint density at radius 2 is 1.57 bits per heavy atom. The number of thioether (sulfide) groups is 1. The topological polar surface area (TPSA) is 32.7 Å². The number of nitrogens with zero attached hydrogens (tertiary/aromatic N) is 2. The SMILES string of the molecule is O=C1N(C2CCCCC2)C(=NC2CCCCC2)SC12CC2. The van der Waals surface area contributed by atoms with E-state index in [0.717, 1.165) is 18.0 Å². The van der Waals surface area contributed by atoms with Gasteiger partial charge in [0.2, 0.25) is 5.91 Å². The van der Waals surface area contributed by atoms with E-state index in [2.05, 4.69) is 4.90 Å². The van der Waals surface area contributed by atoms with E-state index in [1.165, 1.54) is 64.2 Å². The lowest BCUT2D eigenvalue weighted by Crippen LogP contribution is -2.43. The molecule has 4 rings (SSSR count). The van der Waals surface area contributed by atoms with Crippen LogP contribution in [0.15, 0.2) is 4.99 Å². The van der Waals surface area contributed by atoms with Crippen LogP contribution in [-0.2, 0) is 4.79 Å². The van der Waals surface area contributed by atoms with E-state index in [1.807, 2.05) is 11.8 Å². The summed E-state index contributed by atoms with van der Waals surface area (Å²) in [5.74, 6) is 0.397. The molecule has 1 aliphatic heterocycles. The Morgan fingerprint density at radius 3 is 2.19 bits per heavy atom. The molecule has 4 fully saturated rings. The van der Waals surface area contributed by atoms with Crippen LogP contribution >= 0.6 is 11.8 Å². The highest BCUT2D eigenvalue weighted by atomic mass is 32.2. The first-order chi connectivity index (χ1) is 10.3. The summed E-state index contributed by atoms with van der Waals surface area (Å²) < 4.78 is -0.0784. The van der Waals surface area contributed by atoms with Crippen LogP contribution in [0.2, 0.25) is 0 Å². The van der Waals surface area contributed by atoms with E-state index in [-0.39, 0.29) is 4.75 Å². The standard InChI is InChI=1S/C17H26N2OS/c20-15-17(11-12-17)21-16(18-13-7-3-1-4-8-13)19(15)14-9-5-2-6-10-14/h13-14H,1-12H2. The van der Waals surface area contributed by atoms with Crippen molar-refractivity contribution in [2.24, 2.45) is 4.99 Å². The zero-order valence-corrected chi connectivity index (χ0v) is 13.7. The molecule has 0 unspecified atom stereocenters. The minimum atomic E-state index is -0.0784. The number of amides is 1. The van der Waals surface area contributed by atoms with Gasteiger partial charge in [-0.2, -0.15) is 0 Å². The van der Waals surface area contributed by atoms with Gasteiger partial charge in [-0.05, 0) is 38.5 Å². The van der Waals surface area contributed by atoms with Crippen molar-refractivity contribution in [3.63, 3.8) is 0 Å². The van der Waals surface area contributed by atoms with Crippen molar-refractivity contribution in [2.45, 2.75) is 93.9 Å². The van der Waals surface area contributed by atoms with E-state index in [9.17, 15) is 4.79 Å². The number of aliphatic imine (C=N–C) groups is 1. The zero-order chi connectivity index (χ0) is 14.3. The van der Waals surface area contributed by atoms with E-state index in [1.54, 1.807) is 0 Å². The molecule has 0 aromatic rings. The second-order valence-corrected chi connectivity index (χ2v) is 8.62. The molecule has 3 nitrogen and oxygen atoms in total. The fourth-order valence-corrected chi connectivity index (χ4v) is 5.49. The minimum absolute atomic E-state index is 0.0784. The second-order valence-electron chi connectivity index (χ2n) is 7.27. The predicted octanol–water partition coefficient (Wildman–Crippen LogP) is 4.12. The van der Waals surface area contributed by atoms with Crippen molar-refractivity contribution in [1.82, 2.24) is 4.90 Å². The molecule has 4 heteroatoms.